The van der Waals surface area contributed by atoms with Gasteiger partial charge in [-0.3, -0.25) is 4.79 Å². The first-order chi connectivity index (χ1) is 8.35. The van der Waals surface area contributed by atoms with Gasteiger partial charge in [0.05, 0.1) is 23.8 Å². The molecule has 94 valence electrons. The predicted octanol–water partition coefficient (Wildman–Crippen LogP) is 2.18. The Morgan fingerprint density at radius 3 is 2.44 bits per heavy atom. The molecule has 7 heteroatoms. The van der Waals surface area contributed by atoms with E-state index in [0.717, 1.165) is 7.11 Å². The highest BCUT2D eigenvalue weighted by Gasteiger charge is 2.33. The second-order valence-electron chi connectivity index (χ2n) is 3.21. The van der Waals surface area contributed by atoms with Gasteiger partial charge in [0.2, 0.25) is 0 Å². The van der Waals surface area contributed by atoms with Crippen molar-refractivity contribution >= 4 is 12.3 Å². The maximum Gasteiger partial charge on any atom is 0.416 e. The molecule has 0 amide bonds. The molecule has 0 unspecified atom stereocenters. The summed E-state index contributed by atoms with van der Waals surface area (Å²) in [4.78, 5) is 21.9. The highest BCUT2D eigenvalue weighted by Crippen LogP contribution is 2.32. The van der Waals surface area contributed by atoms with Crippen molar-refractivity contribution in [3.63, 3.8) is 0 Å². The van der Waals surface area contributed by atoms with Crippen molar-refractivity contribution < 1.29 is 27.5 Å². The Morgan fingerprint density at radius 2 is 2.06 bits per heavy atom. The van der Waals surface area contributed by atoms with E-state index in [1.165, 1.54) is 6.07 Å². The SMILES string of the molecule is COC(=O)c1cc(C(F)(F)F)cc(C=O)c1C#N. The van der Waals surface area contributed by atoms with Crippen molar-refractivity contribution in [2.24, 2.45) is 0 Å². The molecule has 0 aromatic heterocycles. The van der Waals surface area contributed by atoms with Crippen molar-refractivity contribution in [3.8, 4) is 6.07 Å². The van der Waals surface area contributed by atoms with Crippen LogP contribution in [0.1, 0.15) is 31.8 Å². The molecular formula is C11H6F3NO3. The summed E-state index contributed by atoms with van der Waals surface area (Å²) in [7, 11) is 0.963. The fourth-order valence-electron chi connectivity index (χ4n) is 1.32. The van der Waals surface area contributed by atoms with Crippen molar-refractivity contribution in [2.45, 2.75) is 6.18 Å². The number of halogens is 3. The number of ether oxygens (including phenoxy) is 1. The molecule has 18 heavy (non-hydrogen) atoms. The van der Waals surface area contributed by atoms with E-state index in [-0.39, 0.29) is 6.29 Å². The molecule has 0 bridgehead atoms. The fourth-order valence-corrected chi connectivity index (χ4v) is 1.32. The van der Waals surface area contributed by atoms with Gasteiger partial charge in [0, 0.05) is 5.56 Å². The molecule has 0 N–H and O–H groups in total. The lowest BCUT2D eigenvalue weighted by molar-refractivity contribution is -0.137. The largest absolute Gasteiger partial charge is 0.465 e. The van der Waals surface area contributed by atoms with Crippen LogP contribution in [0.2, 0.25) is 0 Å². The van der Waals surface area contributed by atoms with E-state index in [4.69, 9.17) is 5.26 Å². The van der Waals surface area contributed by atoms with Gasteiger partial charge in [0.1, 0.15) is 6.07 Å². The minimum absolute atomic E-state index is 0.0836. The maximum absolute atomic E-state index is 12.5. The van der Waals surface area contributed by atoms with Crippen molar-refractivity contribution in [3.05, 3.63) is 34.4 Å². The molecule has 0 saturated carbocycles. The van der Waals surface area contributed by atoms with Crippen LogP contribution in [0.5, 0.6) is 0 Å². The number of carbonyl (C=O) groups is 2. The predicted molar refractivity (Wildman–Crippen MR) is 52.9 cm³/mol. The summed E-state index contributed by atoms with van der Waals surface area (Å²) in [5.74, 6) is -1.11. The van der Waals surface area contributed by atoms with Crippen molar-refractivity contribution in [2.75, 3.05) is 7.11 Å². The van der Waals surface area contributed by atoms with E-state index in [0.29, 0.717) is 12.1 Å². The third-order valence-corrected chi connectivity index (χ3v) is 2.14. The number of methoxy groups -OCH3 is 1. The van der Waals surface area contributed by atoms with Gasteiger partial charge in [-0.1, -0.05) is 0 Å². The second kappa shape index (κ2) is 4.87. The van der Waals surface area contributed by atoms with E-state index < -0.39 is 34.4 Å². The third-order valence-electron chi connectivity index (χ3n) is 2.14. The molecular weight excluding hydrogens is 251 g/mol. The van der Waals surface area contributed by atoms with Gasteiger partial charge in [-0.2, -0.15) is 18.4 Å². The average molecular weight is 257 g/mol. The minimum atomic E-state index is -4.73. The van der Waals surface area contributed by atoms with Crippen LogP contribution >= 0.6 is 0 Å². The number of alkyl halides is 3. The second-order valence-corrected chi connectivity index (χ2v) is 3.21. The molecule has 1 aromatic carbocycles. The van der Waals surface area contributed by atoms with Gasteiger partial charge in [0.25, 0.3) is 0 Å². The van der Waals surface area contributed by atoms with E-state index in [9.17, 15) is 22.8 Å². The van der Waals surface area contributed by atoms with Crippen LogP contribution in [0, 0.1) is 11.3 Å². The molecule has 0 spiro atoms. The molecule has 0 saturated heterocycles. The number of hydrogen-bond donors (Lipinski definition) is 0. The van der Waals surface area contributed by atoms with E-state index in [2.05, 4.69) is 4.74 Å². The molecule has 0 radical (unpaired) electrons. The normalized spacial score (nSPS) is 10.6. The molecule has 0 atom stereocenters. The smallest absolute Gasteiger partial charge is 0.416 e. The standard InChI is InChI=1S/C11H6F3NO3/c1-18-10(17)8-3-7(11(12,13)14)2-6(5-16)9(8)4-15/h2-3,5H,1H3. The summed E-state index contributed by atoms with van der Waals surface area (Å²) in [5.41, 5.74) is -2.72. The van der Waals surface area contributed by atoms with Crippen LogP contribution in [-0.4, -0.2) is 19.4 Å². The Bertz CT molecular complexity index is 544. The summed E-state index contributed by atoms with van der Waals surface area (Å²) in [6.45, 7) is 0. The Balaban J connectivity index is 3.62. The maximum atomic E-state index is 12.5. The Labute approximate surface area is 99.6 Å². The lowest BCUT2D eigenvalue weighted by Gasteiger charge is -2.11. The Kier molecular flexibility index (Phi) is 3.71. The summed E-state index contributed by atoms with van der Waals surface area (Å²) >= 11 is 0. The highest BCUT2D eigenvalue weighted by atomic mass is 19.4. The van der Waals surface area contributed by atoms with Gasteiger partial charge < -0.3 is 4.74 Å². The van der Waals surface area contributed by atoms with Gasteiger partial charge >= 0.3 is 12.1 Å². The number of aldehydes is 1. The van der Waals surface area contributed by atoms with Gasteiger partial charge in [-0.15, -0.1) is 0 Å². The van der Waals surface area contributed by atoms with Crippen LogP contribution in [-0.2, 0) is 10.9 Å². The number of rotatable bonds is 2. The molecule has 1 aromatic rings. The number of carbonyl (C=O) groups excluding carboxylic acids is 2. The van der Waals surface area contributed by atoms with Gasteiger partial charge in [-0.05, 0) is 12.1 Å². The molecule has 0 aliphatic rings. The molecule has 0 aliphatic carbocycles. The molecule has 0 aliphatic heterocycles. The zero-order valence-corrected chi connectivity index (χ0v) is 9.04. The van der Waals surface area contributed by atoms with Crippen LogP contribution in [0.3, 0.4) is 0 Å². The van der Waals surface area contributed by atoms with E-state index in [1.807, 2.05) is 0 Å². The number of hydrogen-bond acceptors (Lipinski definition) is 4. The van der Waals surface area contributed by atoms with Crippen molar-refractivity contribution in [1.82, 2.24) is 0 Å². The number of nitriles is 1. The zero-order valence-electron chi connectivity index (χ0n) is 9.04. The quantitative estimate of drug-likeness (QED) is 0.601. The molecule has 0 fully saturated rings. The minimum Gasteiger partial charge on any atom is -0.465 e. The van der Waals surface area contributed by atoms with E-state index >= 15 is 0 Å². The topological polar surface area (TPSA) is 67.2 Å². The first-order valence-corrected chi connectivity index (χ1v) is 4.54. The Morgan fingerprint density at radius 1 is 1.44 bits per heavy atom. The molecule has 4 nitrogen and oxygen atoms in total. The fraction of sp³-hybridized carbons (Fsp3) is 0.182. The lowest BCUT2D eigenvalue weighted by Crippen LogP contribution is -2.12. The molecule has 1 rings (SSSR count). The van der Waals surface area contributed by atoms with Crippen LogP contribution in [0.25, 0.3) is 0 Å². The summed E-state index contributed by atoms with van der Waals surface area (Å²) in [5, 5.41) is 8.77. The monoisotopic (exact) mass is 257 g/mol. The van der Waals surface area contributed by atoms with Crippen LogP contribution in [0.4, 0.5) is 13.2 Å². The summed E-state index contributed by atoms with van der Waals surface area (Å²) in [6, 6.07) is 2.50. The van der Waals surface area contributed by atoms with Crippen LogP contribution < -0.4 is 0 Å². The summed E-state index contributed by atoms with van der Waals surface area (Å²) in [6.07, 6.45) is -4.64. The number of benzene rings is 1. The third kappa shape index (κ3) is 2.48. The number of esters is 1. The first-order valence-electron chi connectivity index (χ1n) is 4.54. The highest BCUT2D eigenvalue weighted by molar-refractivity contribution is 5.96. The summed E-state index contributed by atoms with van der Waals surface area (Å²) < 4.78 is 41.9. The Hall–Kier alpha value is -2.36. The van der Waals surface area contributed by atoms with Gasteiger partial charge in [-0.25, -0.2) is 4.79 Å². The lowest BCUT2D eigenvalue weighted by atomic mass is 9.98. The first kappa shape index (κ1) is 13.7. The zero-order chi connectivity index (χ0) is 13.9. The average Bonchev–Trinajstić information content (AvgIpc) is 2.34. The van der Waals surface area contributed by atoms with Crippen molar-refractivity contribution in [1.29, 1.82) is 5.26 Å². The number of nitrogens with zero attached hydrogens (tertiary/aromatic N) is 1. The van der Waals surface area contributed by atoms with Crippen LogP contribution in [0.15, 0.2) is 12.1 Å². The van der Waals surface area contributed by atoms with E-state index in [1.54, 1.807) is 0 Å². The molecule has 0 heterocycles. The van der Waals surface area contributed by atoms with Gasteiger partial charge in [0.15, 0.2) is 6.29 Å².